The van der Waals surface area contributed by atoms with Crippen molar-refractivity contribution in [3.8, 4) is 29.3 Å². The van der Waals surface area contributed by atoms with Crippen LogP contribution in [0.3, 0.4) is 0 Å². The monoisotopic (exact) mass is 397 g/mol. The van der Waals surface area contributed by atoms with E-state index in [0.29, 0.717) is 30.5 Å². The van der Waals surface area contributed by atoms with Gasteiger partial charge < -0.3 is 35.7 Å². The Hall–Kier alpha value is -3.50. The molecule has 0 radical (unpaired) electrons. The maximum Gasteiger partial charge on any atom is 0.333 e. The van der Waals surface area contributed by atoms with E-state index in [2.05, 4.69) is 5.32 Å². The number of nitrogens with zero attached hydrogens (tertiary/aromatic N) is 2. The zero-order chi connectivity index (χ0) is 20.7. The van der Waals surface area contributed by atoms with Gasteiger partial charge in [0.05, 0.1) is 0 Å². The molecule has 11 heteroatoms. The van der Waals surface area contributed by atoms with Crippen LogP contribution in [0.15, 0.2) is 18.2 Å². The van der Waals surface area contributed by atoms with E-state index in [1.54, 1.807) is 0 Å². The summed E-state index contributed by atoms with van der Waals surface area (Å²) in [5, 5.41) is 49.7. The second kappa shape index (κ2) is 9.44. The number of amides is 1. The Bertz CT molecular complexity index is 807. The lowest BCUT2D eigenvalue weighted by atomic mass is 10.2. The largest absolute Gasteiger partial charge is 0.503 e. The topological polar surface area (TPSA) is 166 Å². The Kier molecular flexibility index (Phi) is 7.02. The smallest absolute Gasteiger partial charge is 0.333 e. The van der Waals surface area contributed by atoms with Crippen molar-refractivity contribution in [2.24, 2.45) is 0 Å². The summed E-state index contributed by atoms with van der Waals surface area (Å²) in [5.41, 5.74) is 0. The number of aromatic hydroxyl groups is 5. The number of rotatable bonds is 10. The second-order valence-corrected chi connectivity index (χ2v) is 6.08. The maximum atomic E-state index is 11.8. The Balaban J connectivity index is 1.56. The van der Waals surface area contributed by atoms with Crippen molar-refractivity contribution in [3.05, 3.63) is 18.2 Å². The average molecular weight is 397 g/mol. The summed E-state index contributed by atoms with van der Waals surface area (Å²) >= 11 is 0. The highest BCUT2D eigenvalue weighted by molar-refractivity contribution is 5.75. The van der Waals surface area contributed by atoms with Gasteiger partial charge in [-0.2, -0.15) is 0 Å². The van der Waals surface area contributed by atoms with Crippen LogP contribution in [0.2, 0.25) is 0 Å². The summed E-state index contributed by atoms with van der Waals surface area (Å²) in [6, 6.07) is 3.36. The molecule has 0 bridgehead atoms. The van der Waals surface area contributed by atoms with Gasteiger partial charge in [0.15, 0.2) is 11.6 Å². The van der Waals surface area contributed by atoms with Gasteiger partial charge in [-0.1, -0.05) is 6.42 Å². The van der Waals surface area contributed by atoms with Crippen molar-refractivity contribution >= 4 is 11.9 Å². The zero-order valence-corrected chi connectivity index (χ0v) is 15.0. The van der Waals surface area contributed by atoms with E-state index < -0.39 is 17.6 Å². The third kappa shape index (κ3) is 5.50. The molecule has 0 saturated heterocycles. The lowest BCUT2D eigenvalue weighted by Gasteiger charge is -2.08. The number of unbranched alkanes of at least 4 members (excludes halogenated alkanes) is 2. The molecular formula is C17H23N3O8. The molecule has 28 heavy (non-hydrogen) atoms. The molecule has 0 spiro atoms. The van der Waals surface area contributed by atoms with E-state index in [9.17, 15) is 35.1 Å². The van der Waals surface area contributed by atoms with Crippen molar-refractivity contribution in [1.29, 1.82) is 0 Å². The van der Waals surface area contributed by atoms with Crippen molar-refractivity contribution < 1.29 is 40.0 Å². The first-order chi connectivity index (χ1) is 13.3. The van der Waals surface area contributed by atoms with E-state index in [1.807, 2.05) is 0 Å². The molecule has 0 aromatic carbocycles. The molecule has 0 atom stereocenters. The van der Waals surface area contributed by atoms with Crippen molar-refractivity contribution in [3.63, 3.8) is 0 Å². The summed E-state index contributed by atoms with van der Waals surface area (Å²) in [6.07, 6.45) is 1.86. The van der Waals surface area contributed by atoms with Crippen LogP contribution in [0.1, 0.15) is 32.1 Å². The molecule has 0 unspecified atom stereocenters. The van der Waals surface area contributed by atoms with E-state index in [1.165, 1.54) is 12.1 Å². The van der Waals surface area contributed by atoms with E-state index in [-0.39, 0.29) is 42.9 Å². The Morgan fingerprint density at radius 3 is 2.21 bits per heavy atom. The minimum absolute atomic E-state index is 0.00538. The predicted molar refractivity (Wildman–Crippen MR) is 94.9 cm³/mol. The Morgan fingerprint density at radius 1 is 0.929 bits per heavy atom. The number of hydrogen-bond acceptors (Lipinski definition) is 8. The third-order valence-corrected chi connectivity index (χ3v) is 3.96. The van der Waals surface area contributed by atoms with Gasteiger partial charge in [0, 0.05) is 44.1 Å². The highest BCUT2D eigenvalue weighted by Gasteiger charge is 2.14. The van der Waals surface area contributed by atoms with Crippen LogP contribution >= 0.6 is 0 Å². The Morgan fingerprint density at radius 2 is 1.61 bits per heavy atom. The van der Waals surface area contributed by atoms with Crippen LogP contribution in [-0.2, 0) is 16.1 Å². The molecule has 11 nitrogen and oxygen atoms in total. The first-order valence-electron chi connectivity index (χ1n) is 8.67. The van der Waals surface area contributed by atoms with Gasteiger partial charge in [0.1, 0.15) is 0 Å². The van der Waals surface area contributed by atoms with Crippen LogP contribution in [0, 0.1) is 0 Å². The quantitative estimate of drug-likeness (QED) is 0.316. The first-order valence-corrected chi connectivity index (χ1v) is 8.67. The molecule has 0 aliphatic heterocycles. The molecule has 0 saturated carbocycles. The fraction of sp³-hybridized carbons (Fsp3) is 0.412. The lowest BCUT2D eigenvalue weighted by molar-refractivity contribution is -0.145. The summed E-state index contributed by atoms with van der Waals surface area (Å²) in [7, 11) is 0. The number of nitrogens with one attached hydrogen (secondary N) is 1. The van der Waals surface area contributed by atoms with Gasteiger partial charge in [-0.3, -0.25) is 9.36 Å². The highest BCUT2D eigenvalue weighted by Crippen LogP contribution is 2.32. The van der Waals surface area contributed by atoms with Crippen LogP contribution in [0.25, 0.3) is 0 Å². The molecule has 2 rings (SSSR count). The van der Waals surface area contributed by atoms with Gasteiger partial charge in [0.2, 0.25) is 23.5 Å². The van der Waals surface area contributed by atoms with E-state index in [0.717, 1.165) is 10.6 Å². The van der Waals surface area contributed by atoms with Crippen LogP contribution in [0.5, 0.6) is 29.3 Å². The standard InChI is InChI=1S/C17H23N3O8/c21-11-10-15(25)19(17(11)27)9-7-12(22)18-8-3-1-2-4-16(26)28-20-13(23)5-6-14(20)24/h5-6,10,21,23-25,27H,1-4,7-9H2,(H,18,22). The zero-order valence-electron chi connectivity index (χ0n) is 15.0. The number of aromatic nitrogens is 2. The van der Waals surface area contributed by atoms with Gasteiger partial charge in [-0.25, -0.2) is 4.79 Å². The fourth-order valence-corrected chi connectivity index (χ4v) is 2.48. The molecule has 0 aliphatic rings. The van der Waals surface area contributed by atoms with Gasteiger partial charge in [0.25, 0.3) is 0 Å². The SMILES string of the molecule is O=C(CCn1c(O)cc(O)c1O)NCCCCCC(=O)On1c(O)ccc1O. The molecule has 0 fully saturated rings. The normalized spacial score (nSPS) is 10.7. The molecule has 6 N–H and O–H groups in total. The molecular weight excluding hydrogens is 374 g/mol. The van der Waals surface area contributed by atoms with Crippen LogP contribution in [-0.4, -0.2) is 53.3 Å². The number of carbonyl (C=O) groups excluding carboxylic acids is 2. The molecule has 0 aliphatic carbocycles. The molecule has 2 aromatic heterocycles. The van der Waals surface area contributed by atoms with Crippen LogP contribution in [0.4, 0.5) is 0 Å². The predicted octanol–water partition coefficient (Wildman–Crippen LogP) is 0.540. The summed E-state index contributed by atoms with van der Waals surface area (Å²) in [5.74, 6) is -2.96. The first kappa shape index (κ1) is 20.8. The molecule has 154 valence electrons. The summed E-state index contributed by atoms with van der Waals surface area (Å²) < 4.78 is 1.64. The average Bonchev–Trinajstić information content (AvgIpc) is 3.08. The van der Waals surface area contributed by atoms with Gasteiger partial charge in [-0.15, -0.1) is 4.73 Å². The Labute approximate surface area is 160 Å². The van der Waals surface area contributed by atoms with Crippen molar-refractivity contribution in [1.82, 2.24) is 14.6 Å². The minimum Gasteiger partial charge on any atom is -0.503 e. The minimum atomic E-state index is -0.611. The second-order valence-electron chi connectivity index (χ2n) is 6.08. The molecule has 2 aromatic rings. The number of hydrogen-bond donors (Lipinski definition) is 6. The third-order valence-electron chi connectivity index (χ3n) is 3.96. The van der Waals surface area contributed by atoms with E-state index >= 15 is 0 Å². The van der Waals surface area contributed by atoms with Gasteiger partial charge in [-0.05, 0) is 12.8 Å². The van der Waals surface area contributed by atoms with Crippen molar-refractivity contribution in [2.45, 2.75) is 38.6 Å². The molecule has 2 heterocycles. The summed E-state index contributed by atoms with van der Waals surface area (Å²) in [6.45, 7) is 0.400. The van der Waals surface area contributed by atoms with Crippen molar-refractivity contribution in [2.75, 3.05) is 6.54 Å². The molecule has 1 amide bonds. The maximum absolute atomic E-state index is 11.8. The summed E-state index contributed by atoms with van der Waals surface area (Å²) in [4.78, 5) is 28.2. The van der Waals surface area contributed by atoms with Crippen LogP contribution < -0.4 is 10.2 Å². The highest BCUT2D eigenvalue weighted by atomic mass is 16.7. The lowest BCUT2D eigenvalue weighted by Crippen LogP contribution is -2.25. The number of carbonyl (C=O) groups is 2. The van der Waals surface area contributed by atoms with Gasteiger partial charge >= 0.3 is 5.97 Å². The van der Waals surface area contributed by atoms with E-state index in [4.69, 9.17) is 4.84 Å². The fourth-order valence-electron chi connectivity index (χ4n) is 2.48.